The number of methoxy groups -OCH3 is 1. The summed E-state index contributed by atoms with van der Waals surface area (Å²) in [6.45, 7) is 3.74. The molecule has 0 bridgehead atoms. The molecule has 1 aliphatic rings. The number of aromatic nitrogens is 1. The van der Waals surface area contributed by atoms with E-state index in [0.29, 0.717) is 18.0 Å². The first kappa shape index (κ1) is 20.8. The number of aliphatic hydroxyl groups is 1. The van der Waals surface area contributed by atoms with Gasteiger partial charge in [0.1, 0.15) is 17.7 Å². The lowest BCUT2D eigenvalue weighted by molar-refractivity contribution is 0.0629. The molecule has 2 atom stereocenters. The summed E-state index contributed by atoms with van der Waals surface area (Å²) in [5.74, 6) is 1.32. The van der Waals surface area contributed by atoms with Crippen molar-refractivity contribution >= 4 is 27.6 Å². The van der Waals surface area contributed by atoms with Crippen LogP contribution in [-0.4, -0.2) is 47.9 Å². The van der Waals surface area contributed by atoms with Crippen LogP contribution >= 0.6 is 11.3 Å². The summed E-state index contributed by atoms with van der Waals surface area (Å²) >= 11 is 1.76. The maximum atomic E-state index is 10.6. The second-order valence-electron chi connectivity index (χ2n) is 7.55. The summed E-state index contributed by atoms with van der Waals surface area (Å²) in [6.07, 6.45) is 5.61. The zero-order valence-corrected chi connectivity index (χ0v) is 18.3. The van der Waals surface area contributed by atoms with Gasteiger partial charge in [0, 0.05) is 6.54 Å². The highest BCUT2D eigenvalue weighted by Crippen LogP contribution is 2.36. The normalized spacial score (nSPS) is 18.3. The highest BCUT2D eigenvalue weighted by atomic mass is 32.1. The van der Waals surface area contributed by atoms with Gasteiger partial charge < -0.3 is 14.6 Å². The summed E-state index contributed by atoms with van der Waals surface area (Å²) in [7, 11) is 1.63. The molecule has 3 aromatic rings. The van der Waals surface area contributed by atoms with Gasteiger partial charge in [0.25, 0.3) is 0 Å². The molecule has 2 heterocycles. The average molecular weight is 425 g/mol. The molecule has 30 heavy (non-hydrogen) atoms. The van der Waals surface area contributed by atoms with E-state index in [-0.39, 0.29) is 12.6 Å². The molecule has 1 fully saturated rings. The van der Waals surface area contributed by atoms with Crippen LogP contribution in [0.5, 0.6) is 11.5 Å². The Hall–Kier alpha value is -2.41. The van der Waals surface area contributed by atoms with Crippen molar-refractivity contribution in [3.63, 3.8) is 0 Å². The number of aliphatic hydroxyl groups excluding tert-OH is 1. The summed E-state index contributed by atoms with van der Waals surface area (Å²) in [6, 6.07) is 14.3. The fraction of sp³-hybridized carbons (Fsp3) is 0.375. The summed E-state index contributed by atoms with van der Waals surface area (Å²) in [4.78, 5) is 7.17. The zero-order valence-electron chi connectivity index (χ0n) is 17.5. The number of hydrogen-bond donors (Lipinski definition) is 1. The number of para-hydroxylation sites is 1. The molecule has 4 rings (SSSR count). The molecule has 6 heteroatoms. The molecule has 0 radical (unpaired) electrons. The quantitative estimate of drug-likeness (QED) is 0.557. The van der Waals surface area contributed by atoms with Gasteiger partial charge in [-0.25, -0.2) is 4.98 Å². The number of likely N-dealkylation sites (tertiary alicyclic amines) is 1. The van der Waals surface area contributed by atoms with E-state index < -0.39 is 6.10 Å². The van der Waals surface area contributed by atoms with Gasteiger partial charge in [-0.2, -0.15) is 0 Å². The Kier molecular flexibility index (Phi) is 6.67. The predicted octanol–water partition coefficient (Wildman–Crippen LogP) is 4.91. The molecule has 1 saturated heterocycles. The number of β-amino-alcohol motifs (C(OH)–C–C–N with tert-alkyl or cyclic N) is 1. The lowest BCUT2D eigenvalue weighted by atomic mass is 10.2. The molecule has 2 unspecified atom stereocenters. The molecule has 5 nitrogen and oxygen atoms in total. The van der Waals surface area contributed by atoms with Crippen LogP contribution in [0.2, 0.25) is 0 Å². The monoisotopic (exact) mass is 424 g/mol. The van der Waals surface area contributed by atoms with Crippen molar-refractivity contribution in [2.24, 2.45) is 0 Å². The molecule has 158 valence electrons. The number of hydrogen-bond acceptors (Lipinski definition) is 6. The average Bonchev–Trinajstić information content (AvgIpc) is 3.39. The van der Waals surface area contributed by atoms with Crippen LogP contribution < -0.4 is 9.47 Å². The predicted molar refractivity (Wildman–Crippen MR) is 122 cm³/mol. The van der Waals surface area contributed by atoms with Crippen LogP contribution in [0.15, 0.2) is 48.5 Å². The number of rotatable bonds is 8. The summed E-state index contributed by atoms with van der Waals surface area (Å²) in [5.41, 5.74) is 2.11. The Morgan fingerprint density at radius 1 is 1.27 bits per heavy atom. The van der Waals surface area contributed by atoms with Crippen LogP contribution in [-0.2, 0) is 0 Å². The van der Waals surface area contributed by atoms with Crippen LogP contribution in [0.25, 0.3) is 16.3 Å². The summed E-state index contributed by atoms with van der Waals surface area (Å²) < 4.78 is 12.5. The SMILES string of the molecule is C/C=C/c1ccc(OCC(O)CN2CCCC2c2nc3ccccc3s2)c(OC)c1. The number of nitrogens with zero attached hydrogens (tertiary/aromatic N) is 2. The first-order valence-electron chi connectivity index (χ1n) is 10.4. The van der Waals surface area contributed by atoms with Crippen molar-refractivity contribution in [3.8, 4) is 11.5 Å². The van der Waals surface area contributed by atoms with E-state index >= 15 is 0 Å². The standard InChI is InChI=1S/C24H28N2O3S/c1-3-7-17-11-12-21(22(14-17)28-2)29-16-18(27)15-26-13-6-9-20(26)24-25-19-8-4-5-10-23(19)30-24/h3-5,7-8,10-12,14,18,20,27H,6,9,13,15-16H2,1-2H3/b7-3+. The van der Waals surface area contributed by atoms with Crippen molar-refractivity contribution in [2.75, 3.05) is 26.8 Å². The fourth-order valence-corrected chi connectivity index (χ4v) is 5.10. The minimum atomic E-state index is -0.583. The number of fused-ring (bicyclic) bond motifs is 1. The molecule has 0 saturated carbocycles. The van der Waals surface area contributed by atoms with Crippen molar-refractivity contribution < 1.29 is 14.6 Å². The van der Waals surface area contributed by atoms with Gasteiger partial charge >= 0.3 is 0 Å². The second kappa shape index (κ2) is 9.60. The van der Waals surface area contributed by atoms with E-state index in [4.69, 9.17) is 14.5 Å². The Balaban J connectivity index is 1.38. The lowest BCUT2D eigenvalue weighted by Gasteiger charge is -2.25. The summed E-state index contributed by atoms with van der Waals surface area (Å²) in [5, 5.41) is 11.8. The fourth-order valence-electron chi connectivity index (χ4n) is 3.97. The van der Waals surface area contributed by atoms with E-state index in [1.807, 2.05) is 43.3 Å². The topological polar surface area (TPSA) is 54.8 Å². The highest BCUT2D eigenvalue weighted by molar-refractivity contribution is 7.18. The second-order valence-corrected chi connectivity index (χ2v) is 8.61. The van der Waals surface area contributed by atoms with E-state index in [1.54, 1.807) is 18.4 Å². The lowest BCUT2D eigenvalue weighted by Crippen LogP contribution is -2.35. The van der Waals surface area contributed by atoms with Gasteiger partial charge in [0.2, 0.25) is 0 Å². The number of ether oxygens (including phenoxy) is 2. The van der Waals surface area contributed by atoms with Crippen LogP contribution in [0, 0.1) is 0 Å². The van der Waals surface area contributed by atoms with Crippen molar-refractivity contribution in [2.45, 2.75) is 31.9 Å². The Morgan fingerprint density at radius 3 is 2.93 bits per heavy atom. The number of allylic oxidation sites excluding steroid dienone is 1. The van der Waals surface area contributed by atoms with E-state index in [2.05, 4.69) is 23.1 Å². The van der Waals surface area contributed by atoms with Crippen molar-refractivity contribution in [1.29, 1.82) is 0 Å². The van der Waals surface area contributed by atoms with Gasteiger partial charge in [0.15, 0.2) is 11.5 Å². The molecule has 2 aromatic carbocycles. The minimum Gasteiger partial charge on any atom is -0.493 e. The Bertz CT molecular complexity index is 984. The maximum absolute atomic E-state index is 10.6. The van der Waals surface area contributed by atoms with Gasteiger partial charge in [-0.3, -0.25) is 4.90 Å². The van der Waals surface area contributed by atoms with Gasteiger partial charge in [0.05, 0.1) is 23.4 Å². The molecule has 1 N–H and O–H groups in total. The van der Waals surface area contributed by atoms with Crippen molar-refractivity contribution in [3.05, 3.63) is 59.1 Å². The third kappa shape index (κ3) is 4.67. The van der Waals surface area contributed by atoms with E-state index in [9.17, 15) is 5.11 Å². The largest absolute Gasteiger partial charge is 0.493 e. The third-order valence-electron chi connectivity index (χ3n) is 5.38. The van der Waals surface area contributed by atoms with Crippen LogP contribution in [0.3, 0.4) is 0 Å². The molecular weight excluding hydrogens is 396 g/mol. The minimum absolute atomic E-state index is 0.225. The van der Waals surface area contributed by atoms with Crippen LogP contribution in [0.1, 0.15) is 36.4 Å². The smallest absolute Gasteiger partial charge is 0.161 e. The maximum Gasteiger partial charge on any atom is 0.161 e. The molecule has 0 amide bonds. The van der Waals surface area contributed by atoms with Gasteiger partial charge in [-0.1, -0.05) is 30.4 Å². The highest BCUT2D eigenvalue weighted by Gasteiger charge is 2.30. The zero-order chi connectivity index (χ0) is 20.9. The molecule has 1 aliphatic heterocycles. The van der Waals surface area contributed by atoms with Gasteiger partial charge in [-0.05, 0) is 56.1 Å². The first-order valence-corrected chi connectivity index (χ1v) is 11.2. The third-order valence-corrected chi connectivity index (χ3v) is 6.52. The van der Waals surface area contributed by atoms with Crippen molar-refractivity contribution in [1.82, 2.24) is 9.88 Å². The van der Waals surface area contributed by atoms with Gasteiger partial charge in [-0.15, -0.1) is 11.3 Å². The number of benzene rings is 2. The Labute approximate surface area is 181 Å². The molecule has 0 spiro atoms. The number of thiazole rings is 1. The Morgan fingerprint density at radius 2 is 2.13 bits per heavy atom. The first-order chi connectivity index (χ1) is 14.7. The van der Waals surface area contributed by atoms with Crippen LogP contribution in [0.4, 0.5) is 0 Å². The van der Waals surface area contributed by atoms with E-state index in [0.717, 1.165) is 35.5 Å². The molecular formula is C24H28N2O3S. The van der Waals surface area contributed by atoms with E-state index in [1.165, 1.54) is 4.70 Å². The molecule has 1 aromatic heterocycles. The molecule has 0 aliphatic carbocycles.